The third-order valence-electron chi connectivity index (χ3n) is 4.90. The van der Waals surface area contributed by atoms with Gasteiger partial charge in [0, 0.05) is 11.8 Å². The number of ether oxygens (including phenoxy) is 1. The summed E-state index contributed by atoms with van der Waals surface area (Å²) in [6.07, 6.45) is -6.64. The number of halogens is 1. The minimum absolute atomic E-state index is 0.158. The van der Waals surface area contributed by atoms with Gasteiger partial charge in [0.1, 0.15) is 29.2 Å². The van der Waals surface area contributed by atoms with Crippen LogP contribution in [-0.2, 0) is 25.0 Å². The van der Waals surface area contributed by atoms with Crippen LogP contribution in [-0.4, -0.2) is 50.7 Å². The van der Waals surface area contributed by atoms with E-state index in [1.54, 1.807) is 25.1 Å². The number of aromatic nitrogens is 2. The normalized spacial score (nSPS) is 34.4. The first-order chi connectivity index (χ1) is 15.4. The van der Waals surface area contributed by atoms with Crippen molar-refractivity contribution in [2.45, 2.75) is 37.8 Å². The molecule has 1 fully saturated rings. The number of hydrogen-bond acceptors (Lipinski definition) is 10. The molecule has 0 saturated carbocycles. The average molecular weight is 489 g/mol. The molecule has 0 radical (unpaired) electrons. The highest BCUT2D eigenvalue weighted by atomic mass is 32.1. The number of alkyl halides is 1. The number of nitrogens with zero attached hydrogens (tertiary/aromatic N) is 1. The predicted molar refractivity (Wildman–Crippen MR) is 107 cm³/mol. The van der Waals surface area contributed by atoms with Crippen molar-refractivity contribution in [2.75, 3.05) is 6.61 Å². The molecule has 1 aromatic carbocycles. The number of hydrogen-bond donors (Lipinski definition) is 3. The van der Waals surface area contributed by atoms with Gasteiger partial charge < -0.3 is 19.5 Å². The molecule has 2 aliphatic heterocycles. The minimum atomic E-state index is -4.37. The highest BCUT2D eigenvalue weighted by molar-refractivity contribution is 7.71. The monoisotopic (exact) mass is 489 g/mol. The zero-order chi connectivity index (χ0) is 24.2. The van der Waals surface area contributed by atoms with Gasteiger partial charge >= 0.3 is 13.5 Å². The van der Waals surface area contributed by atoms with E-state index in [1.165, 1.54) is 0 Å². The Morgan fingerprint density at radius 1 is 1.53 bits per heavy atom. The first-order valence-corrected chi connectivity index (χ1v) is 11.0. The summed E-state index contributed by atoms with van der Waals surface area (Å²) >= 11 is 4.80. The largest absolute Gasteiger partial charge is 0.530 e. The van der Waals surface area contributed by atoms with Crippen LogP contribution < -0.4 is 10.2 Å². The summed E-state index contributed by atoms with van der Waals surface area (Å²) < 4.78 is 57.1. The quantitative estimate of drug-likeness (QED) is 0.322. The molecule has 1 aromatic heterocycles. The summed E-state index contributed by atoms with van der Waals surface area (Å²) in [7, 11) is -4.37. The Balaban J connectivity index is 1.59. The van der Waals surface area contributed by atoms with E-state index in [0.29, 0.717) is 15.7 Å². The number of H-pyrrole nitrogens is 1. The molecule has 0 bridgehead atoms. The molecule has 1 unspecified atom stereocenters. The third kappa shape index (κ3) is 3.97. The summed E-state index contributed by atoms with van der Waals surface area (Å²) in [5, 5.41) is 20.6. The van der Waals surface area contributed by atoms with E-state index in [9.17, 15) is 24.4 Å². The maximum absolute atomic E-state index is 15.5. The number of nitrogens with one attached hydrogen (secondary N) is 1. The van der Waals surface area contributed by atoms with Gasteiger partial charge in [-0.25, -0.2) is 13.8 Å². The molecule has 32 heavy (non-hydrogen) atoms. The van der Waals surface area contributed by atoms with Gasteiger partial charge in [-0.2, -0.15) is 0 Å². The van der Waals surface area contributed by atoms with E-state index in [4.69, 9.17) is 31.9 Å². The van der Waals surface area contributed by atoms with Gasteiger partial charge in [-0.05, 0) is 12.5 Å². The lowest BCUT2D eigenvalue weighted by molar-refractivity contribution is -0.205. The Hall–Kier alpha value is -2.25. The van der Waals surface area contributed by atoms with Gasteiger partial charge in [-0.1, -0.05) is 30.4 Å². The number of phosphoric ester groups is 1. The summed E-state index contributed by atoms with van der Waals surface area (Å²) in [6, 6.07) is 5.10. The maximum Gasteiger partial charge on any atom is 0.530 e. The number of fused-ring (bicyclic) bond motifs is 1. The van der Waals surface area contributed by atoms with Crippen molar-refractivity contribution >= 4 is 26.3 Å². The second-order valence-corrected chi connectivity index (χ2v) is 9.10. The number of para-hydroxylation sites is 1. The Morgan fingerprint density at radius 3 is 3.00 bits per heavy atom. The van der Waals surface area contributed by atoms with Gasteiger partial charge in [0.2, 0.25) is 0 Å². The number of carbonyl (C=O) groups is 1. The molecule has 14 heteroatoms. The number of aldehydes is 1. The van der Waals surface area contributed by atoms with E-state index >= 15 is 4.39 Å². The molecular weight excluding hydrogens is 470 g/mol. The standard InChI is InChI=1S/C18H18FN2O9PS/c1-9-3-2-4-10-7-27-31(26,30-13(9)10)28-8-18(19)14(24)12(23)16(29-18)21-5-11(6-22)15(32)20-17(21)25/h2-6,12,14,16,23-24H,7-8H2,1H3,(H,20,25,32)/t12-,14+,16-,18-,31?/m1/s1/i16D. The predicted octanol–water partition coefficient (Wildman–Crippen LogP) is 1.68. The molecule has 172 valence electrons. The number of carbonyl (C=O) groups excluding carboxylic acids is 1. The maximum atomic E-state index is 15.5. The molecule has 3 heterocycles. The second-order valence-electron chi connectivity index (χ2n) is 7.10. The van der Waals surface area contributed by atoms with Crippen LogP contribution >= 0.6 is 20.0 Å². The van der Waals surface area contributed by atoms with Crippen LogP contribution in [0.15, 0.2) is 29.2 Å². The van der Waals surface area contributed by atoms with Crippen molar-refractivity contribution < 1.29 is 43.6 Å². The van der Waals surface area contributed by atoms with E-state index in [2.05, 4.69) is 4.98 Å². The van der Waals surface area contributed by atoms with Crippen molar-refractivity contribution in [3.05, 3.63) is 56.2 Å². The zero-order valence-electron chi connectivity index (χ0n) is 17.4. The smallest absolute Gasteiger partial charge is 0.403 e. The van der Waals surface area contributed by atoms with E-state index in [0.717, 1.165) is 6.20 Å². The first-order valence-electron chi connectivity index (χ1n) is 9.66. The third-order valence-corrected chi connectivity index (χ3v) is 6.53. The van der Waals surface area contributed by atoms with Gasteiger partial charge in [-0.3, -0.25) is 23.4 Å². The Kier molecular flexibility index (Phi) is 5.58. The van der Waals surface area contributed by atoms with Crippen molar-refractivity contribution in [3.63, 3.8) is 0 Å². The summed E-state index contributed by atoms with van der Waals surface area (Å²) in [6.45, 7) is 0.244. The number of phosphoric acid groups is 1. The Morgan fingerprint density at radius 2 is 2.28 bits per heavy atom. The topological polar surface area (TPSA) is 149 Å². The molecule has 5 atom stereocenters. The molecule has 2 aliphatic rings. The number of aliphatic hydroxyl groups excluding tert-OH is 2. The summed E-state index contributed by atoms with van der Waals surface area (Å²) in [4.78, 5) is 25.5. The van der Waals surface area contributed by atoms with Gasteiger partial charge in [0.15, 0.2) is 12.5 Å². The van der Waals surface area contributed by atoms with Crippen molar-refractivity contribution in [1.82, 2.24) is 9.55 Å². The lowest BCUT2D eigenvalue weighted by atomic mass is 10.1. The zero-order valence-corrected chi connectivity index (χ0v) is 18.1. The molecule has 4 rings (SSSR count). The fraction of sp³-hybridized carbons (Fsp3) is 0.389. The fourth-order valence-electron chi connectivity index (χ4n) is 3.18. The van der Waals surface area contributed by atoms with Crippen LogP contribution in [0, 0.1) is 11.6 Å². The fourth-order valence-corrected chi connectivity index (χ4v) is 4.66. The highest BCUT2D eigenvalue weighted by Gasteiger charge is 2.57. The Bertz CT molecular complexity index is 1290. The van der Waals surface area contributed by atoms with Crippen molar-refractivity contribution in [3.8, 4) is 5.75 Å². The number of benzene rings is 1. The van der Waals surface area contributed by atoms with Crippen LogP contribution in [0.2, 0.25) is 0 Å². The average Bonchev–Trinajstić information content (AvgIpc) is 2.94. The van der Waals surface area contributed by atoms with E-state index in [-0.39, 0.29) is 28.8 Å². The molecule has 0 spiro atoms. The van der Waals surface area contributed by atoms with E-state index < -0.39 is 44.4 Å². The van der Waals surface area contributed by atoms with Crippen LogP contribution in [0.25, 0.3) is 0 Å². The molecule has 0 aliphatic carbocycles. The molecule has 0 amide bonds. The van der Waals surface area contributed by atoms with Crippen molar-refractivity contribution in [2.24, 2.45) is 0 Å². The van der Waals surface area contributed by atoms with Crippen LogP contribution in [0.3, 0.4) is 0 Å². The SMILES string of the molecule is [2H][C@@]1(n2cc(C=O)c(=S)[nH]c2=O)O[C@](F)(COP2(=O)OCc3cccc(C)c3O2)[C@@H](O)[C@H]1O. The number of aryl methyl sites for hydroxylation is 1. The molecule has 1 saturated heterocycles. The van der Waals surface area contributed by atoms with Gasteiger partial charge in [-0.15, -0.1) is 0 Å². The minimum Gasteiger partial charge on any atom is -0.403 e. The second kappa shape index (κ2) is 8.27. The van der Waals surface area contributed by atoms with Crippen LogP contribution in [0.5, 0.6) is 5.75 Å². The lowest BCUT2D eigenvalue weighted by Crippen LogP contribution is -2.43. The number of aromatic amines is 1. The molecule has 2 aromatic rings. The lowest BCUT2D eigenvalue weighted by Gasteiger charge is -2.29. The Labute approximate surface area is 186 Å². The van der Waals surface area contributed by atoms with Gasteiger partial charge in [0.25, 0.3) is 5.85 Å². The van der Waals surface area contributed by atoms with Crippen LogP contribution in [0.4, 0.5) is 4.39 Å². The molecule has 3 N–H and O–H groups in total. The summed E-state index contributed by atoms with van der Waals surface area (Å²) in [5.41, 5.74) is -0.156. The van der Waals surface area contributed by atoms with Crippen molar-refractivity contribution in [1.29, 1.82) is 0 Å². The molecular formula is C18H18FN2O9PS. The number of rotatable bonds is 5. The molecule has 11 nitrogen and oxygen atoms in total. The first kappa shape index (κ1) is 21.6. The number of aliphatic hydroxyl groups is 2. The highest BCUT2D eigenvalue weighted by Crippen LogP contribution is 2.56. The van der Waals surface area contributed by atoms with Gasteiger partial charge in [0.05, 0.1) is 13.5 Å². The van der Waals surface area contributed by atoms with E-state index in [1.807, 2.05) is 0 Å². The van der Waals surface area contributed by atoms with Crippen LogP contribution in [0.1, 0.15) is 29.1 Å². The summed E-state index contributed by atoms with van der Waals surface area (Å²) in [5.74, 6) is -3.08.